The molecule has 31 heavy (non-hydrogen) atoms. The van der Waals surface area contributed by atoms with E-state index in [9.17, 15) is 9.59 Å². The molecule has 0 aliphatic carbocycles. The molecule has 1 N–H and O–H groups in total. The van der Waals surface area contributed by atoms with Crippen molar-refractivity contribution in [2.24, 2.45) is 5.10 Å². The number of benzene rings is 2. The average molecular weight is 418 g/mol. The molecule has 6 nitrogen and oxygen atoms in total. The van der Waals surface area contributed by atoms with Gasteiger partial charge in [0, 0.05) is 12.2 Å². The van der Waals surface area contributed by atoms with Crippen LogP contribution in [0.1, 0.15) is 47.8 Å². The zero-order chi connectivity index (χ0) is 22.1. The number of nitrogens with one attached hydrogen (secondary N) is 1. The molecule has 0 atom stereocenters. The van der Waals surface area contributed by atoms with E-state index in [4.69, 9.17) is 4.74 Å². The predicted molar refractivity (Wildman–Crippen MR) is 123 cm³/mol. The number of rotatable bonds is 9. The summed E-state index contributed by atoms with van der Waals surface area (Å²) >= 11 is 0. The Morgan fingerprint density at radius 3 is 2.52 bits per heavy atom. The van der Waals surface area contributed by atoms with Gasteiger partial charge >= 0.3 is 0 Å². The third kappa shape index (κ3) is 6.40. The third-order valence-electron chi connectivity index (χ3n) is 4.76. The molecular weight excluding hydrogens is 390 g/mol. The fourth-order valence-corrected chi connectivity index (χ4v) is 3.08. The molecule has 0 bridgehead atoms. The van der Waals surface area contributed by atoms with Crippen molar-refractivity contribution in [3.05, 3.63) is 100.0 Å². The molecular formula is C25H27N3O3. The van der Waals surface area contributed by atoms with Crippen LogP contribution in [-0.4, -0.2) is 23.3 Å². The van der Waals surface area contributed by atoms with Gasteiger partial charge in [0.05, 0.1) is 12.8 Å². The molecule has 0 spiro atoms. The number of amides is 1. The lowest BCUT2D eigenvalue weighted by atomic mass is 10.1. The van der Waals surface area contributed by atoms with Crippen LogP contribution in [0.3, 0.4) is 0 Å². The standard InChI is InChI=1S/C25H27N3O3/c1-19(2)28-16-6-11-23(25(28)30)24(29)27-26-18-21-12-14-22(15-13-21)31-17-7-10-20-8-4-3-5-9-20/h3-6,8-9,11-16,18-19H,7,10,17H2,1-2H3,(H,27,29)/b26-18-. The van der Waals surface area contributed by atoms with Gasteiger partial charge in [-0.05, 0) is 74.2 Å². The Morgan fingerprint density at radius 2 is 1.81 bits per heavy atom. The second kappa shape index (κ2) is 10.9. The molecule has 0 aliphatic heterocycles. The van der Waals surface area contributed by atoms with Crippen LogP contribution in [0, 0.1) is 0 Å². The lowest BCUT2D eigenvalue weighted by molar-refractivity contribution is 0.0953. The van der Waals surface area contributed by atoms with E-state index in [0.29, 0.717) is 6.61 Å². The lowest BCUT2D eigenvalue weighted by Gasteiger charge is -2.10. The molecule has 0 radical (unpaired) electrons. The van der Waals surface area contributed by atoms with Crippen LogP contribution in [0.2, 0.25) is 0 Å². The Bertz CT molecular complexity index is 1070. The summed E-state index contributed by atoms with van der Waals surface area (Å²) in [6.45, 7) is 4.42. The summed E-state index contributed by atoms with van der Waals surface area (Å²) in [6.07, 6.45) is 5.12. The molecule has 1 aromatic heterocycles. The first-order valence-electron chi connectivity index (χ1n) is 10.4. The maximum Gasteiger partial charge on any atom is 0.276 e. The van der Waals surface area contributed by atoms with E-state index in [1.807, 2.05) is 56.3 Å². The van der Waals surface area contributed by atoms with Crippen LogP contribution in [0.4, 0.5) is 0 Å². The van der Waals surface area contributed by atoms with Gasteiger partial charge in [-0.25, -0.2) is 5.43 Å². The van der Waals surface area contributed by atoms with Gasteiger partial charge in [0.2, 0.25) is 0 Å². The van der Waals surface area contributed by atoms with Gasteiger partial charge in [-0.3, -0.25) is 9.59 Å². The number of nitrogens with zero attached hydrogens (tertiary/aromatic N) is 2. The maximum atomic E-state index is 12.3. The minimum Gasteiger partial charge on any atom is -0.494 e. The van der Waals surface area contributed by atoms with E-state index in [0.717, 1.165) is 24.2 Å². The quantitative estimate of drug-likeness (QED) is 0.322. The normalized spacial score (nSPS) is 11.1. The van der Waals surface area contributed by atoms with Crippen molar-refractivity contribution >= 4 is 12.1 Å². The van der Waals surface area contributed by atoms with Crippen molar-refractivity contribution in [3.8, 4) is 5.75 Å². The number of carbonyl (C=O) groups is 1. The van der Waals surface area contributed by atoms with Crippen molar-refractivity contribution in [1.29, 1.82) is 0 Å². The van der Waals surface area contributed by atoms with Crippen LogP contribution in [0.15, 0.2) is 82.8 Å². The van der Waals surface area contributed by atoms with Gasteiger partial charge in [-0.2, -0.15) is 5.10 Å². The number of hydrazone groups is 1. The van der Waals surface area contributed by atoms with Gasteiger partial charge in [-0.15, -0.1) is 0 Å². The second-order valence-electron chi connectivity index (χ2n) is 7.43. The number of carbonyl (C=O) groups excluding carboxylic acids is 1. The Morgan fingerprint density at radius 1 is 1.06 bits per heavy atom. The number of aromatic nitrogens is 1. The molecule has 0 aliphatic rings. The highest BCUT2D eigenvalue weighted by Gasteiger charge is 2.12. The van der Waals surface area contributed by atoms with E-state index < -0.39 is 5.91 Å². The number of hydrogen-bond donors (Lipinski definition) is 1. The van der Waals surface area contributed by atoms with Gasteiger partial charge < -0.3 is 9.30 Å². The van der Waals surface area contributed by atoms with E-state index in [-0.39, 0.29) is 17.2 Å². The summed E-state index contributed by atoms with van der Waals surface area (Å²) in [4.78, 5) is 24.6. The van der Waals surface area contributed by atoms with Gasteiger partial charge in [0.15, 0.2) is 0 Å². The van der Waals surface area contributed by atoms with Gasteiger partial charge in [0.1, 0.15) is 11.3 Å². The SMILES string of the molecule is CC(C)n1cccc(C(=O)N/N=C\c2ccc(OCCCc3ccccc3)cc2)c1=O. The zero-order valence-corrected chi connectivity index (χ0v) is 17.8. The largest absolute Gasteiger partial charge is 0.494 e. The summed E-state index contributed by atoms with van der Waals surface area (Å²) in [5, 5.41) is 3.96. The van der Waals surface area contributed by atoms with E-state index in [2.05, 4.69) is 22.7 Å². The molecule has 0 fully saturated rings. The summed E-state index contributed by atoms with van der Waals surface area (Å²) in [7, 11) is 0. The first-order valence-corrected chi connectivity index (χ1v) is 10.4. The summed E-state index contributed by atoms with van der Waals surface area (Å²) in [5.74, 6) is 0.252. The third-order valence-corrected chi connectivity index (χ3v) is 4.76. The number of hydrogen-bond acceptors (Lipinski definition) is 4. The smallest absolute Gasteiger partial charge is 0.276 e. The van der Waals surface area contributed by atoms with Gasteiger partial charge in [0.25, 0.3) is 11.5 Å². The van der Waals surface area contributed by atoms with Crippen LogP contribution in [0.5, 0.6) is 5.75 Å². The highest BCUT2D eigenvalue weighted by atomic mass is 16.5. The van der Waals surface area contributed by atoms with Crippen molar-refractivity contribution in [2.75, 3.05) is 6.61 Å². The number of aryl methyl sites for hydroxylation is 1. The first-order chi connectivity index (χ1) is 15.0. The molecule has 0 saturated heterocycles. The molecule has 160 valence electrons. The fraction of sp³-hybridized carbons (Fsp3) is 0.240. The minimum absolute atomic E-state index is 0.0252. The van der Waals surface area contributed by atoms with E-state index >= 15 is 0 Å². The van der Waals surface area contributed by atoms with Gasteiger partial charge in [-0.1, -0.05) is 30.3 Å². The van der Waals surface area contributed by atoms with Crippen molar-refractivity contribution in [3.63, 3.8) is 0 Å². The summed E-state index contributed by atoms with van der Waals surface area (Å²) in [6, 6.07) is 20.9. The molecule has 1 amide bonds. The highest BCUT2D eigenvalue weighted by molar-refractivity contribution is 5.94. The number of pyridine rings is 1. The molecule has 0 saturated carbocycles. The monoisotopic (exact) mass is 417 g/mol. The molecule has 1 heterocycles. The Hall–Kier alpha value is -3.67. The first kappa shape index (κ1) is 22.0. The summed E-state index contributed by atoms with van der Waals surface area (Å²) in [5.41, 5.74) is 4.25. The van der Waals surface area contributed by atoms with Crippen LogP contribution in [0.25, 0.3) is 0 Å². The maximum absolute atomic E-state index is 12.3. The Balaban J connectivity index is 1.48. The topological polar surface area (TPSA) is 72.7 Å². The van der Waals surface area contributed by atoms with E-state index in [1.54, 1.807) is 12.3 Å². The fourth-order valence-electron chi connectivity index (χ4n) is 3.08. The van der Waals surface area contributed by atoms with Crippen molar-refractivity contribution in [1.82, 2.24) is 9.99 Å². The number of ether oxygens (including phenoxy) is 1. The minimum atomic E-state index is -0.533. The zero-order valence-electron chi connectivity index (χ0n) is 17.8. The summed E-state index contributed by atoms with van der Waals surface area (Å²) < 4.78 is 7.29. The molecule has 0 unspecified atom stereocenters. The molecule has 3 rings (SSSR count). The van der Waals surface area contributed by atoms with Crippen LogP contribution in [-0.2, 0) is 6.42 Å². The van der Waals surface area contributed by atoms with Crippen LogP contribution >= 0.6 is 0 Å². The second-order valence-corrected chi connectivity index (χ2v) is 7.43. The Kier molecular flexibility index (Phi) is 7.76. The van der Waals surface area contributed by atoms with Crippen molar-refractivity contribution < 1.29 is 9.53 Å². The average Bonchev–Trinajstić information content (AvgIpc) is 2.78. The van der Waals surface area contributed by atoms with E-state index in [1.165, 1.54) is 22.4 Å². The van der Waals surface area contributed by atoms with Crippen molar-refractivity contribution in [2.45, 2.75) is 32.7 Å². The molecule has 6 heteroatoms. The highest BCUT2D eigenvalue weighted by Crippen LogP contribution is 2.12. The predicted octanol–water partition coefficient (Wildman–Crippen LogP) is 4.20. The lowest BCUT2D eigenvalue weighted by Crippen LogP contribution is -2.31. The Labute approximate surface area is 182 Å². The molecule has 2 aromatic carbocycles. The molecule has 3 aromatic rings. The van der Waals surface area contributed by atoms with Crippen LogP contribution < -0.4 is 15.7 Å².